The highest BCUT2D eigenvalue weighted by Crippen LogP contribution is 2.18. The molecule has 0 spiro atoms. The summed E-state index contributed by atoms with van der Waals surface area (Å²) >= 11 is 0. The van der Waals surface area contributed by atoms with Crippen LogP contribution in [-0.2, 0) is 17.6 Å². The predicted molar refractivity (Wildman–Crippen MR) is 106 cm³/mol. The van der Waals surface area contributed by atoms with Crippen molar-refractivity contribution in [3.8, 4) is 0 Å². The Labute approximate surface area is 160 Å². The number of aromatic nitrogens is 4. The van der Waals surface area contributed by atoms with Crippen molar-refractivity contribution in [1.29, 1.82) is 0 Å². The van der Waals surface area contributed by atoms with Crippen LogP contribution in [0.25, 0.3) is 10.8 Å². The van der Waals surface area contributed by atoms with Crippen LogP contribution in [0.1, 0.15) is 23.1 Å². The van der Waals surface area contributed by atoms with Gasteiger partial charge in [-0.25, -0.2) is 10.1 Å². The summed E-state index contributed by atoms with van der Waals surface area (Å²) in [5, 5.41) is 10.8. The van der Waals surface area contributed by atoms with Gasteiger partial charge in [-0.1, -0.05) is 48.5 Å². The van der Waals surface area contributed by atoms with E-state index >= 15 is 0 Å². The number of nitrogens with zero attached hydrogens (tertiary/aromatic N) is 2. The zero-order valence-corrected chi connectivity index (χ0v) is 15.1. The Kier molecular flexibility index (Phi) is 4.97. The minimum absolute atomic E-state index is 0.0682. The number of imidazole rings is 1. The van der Waals surface area contributed by atoms with Crippen LogP contribution in [0.3, 0.4) is 0 Å². The number of benzene rings is 2. The maximum absolute atomic E-state index is 12.8. The molecule has 1 amide bonds. The molecule has 2 heterocycles. The SMILES string of the molecule is O=C(Cc1n[nH]c(=O)c2ccccc12)N[C@H](Cc1ncc[nH]1)c1ccccc1. The van der Waals surface area contributed by atoms with Gasteiger partial charge < -0.3 is 10.3 Å². The number of amides is 1. The molecule has 0 aliphatic rings. The molecular weight excluding hydrogens is 354 g/mol. The Morgan fingerprint density at radius 3 is 2.54 bits per heavy atom. The molecule has 7 nitrogen and oxygen atoms in total. The minimum Gasteiger partial charge on any atom is -0.349 e. The highest BCUT2D eigenvalue weighted by atomic mass is 16.1. The average Bonchev–Trinajstić information content (AvgIpc) is 3.24. The standard InChI is InChI=1S/C21H19N5O2/c27-20(13-18-15-8-4-5-9-16(15)21(28)26-25-18)24-17(12-19-22-10-11-23-19)14-6-2-1-3-7-14/h1-11,17H,12-13H2,(H,22,23)(H,24,27)(H,26,28)/t17-/m1/s1. The van der Waals surface area contributed by atoms with Gasteiger partial charge >= 0.3 is 0 Å². The van der Waals surface area contributed by atoms with Crippen molar-refractivity contribution in [1.82, 2.24) is 25.5 Å². The number of nitrogens with one attached hydrogen (secondary N) is 3. The number of rotatable bonds is 6. The largest absolute Gasteiger partial charge is 0.349 e. The lowest BCUT2D eigenvalue weighted by Crippen LogP contribution is -2.32. The lowest BCUT2D eigenvalue weighted by Gasteiger charge is -2.18. The number of hydrogen-bond acceptors (Lipinski definition) is 4. The second-order valence-corrected chi connectivity index (χ2v) is 6.49. The summed E-state index contributed by atoms with van der Waals surface area (Å²) < 4.78 is 0. The van der Waals surface area contributed by atoms with Gasteiger partial charge in [0.15, 0.2) is 0 Å². The molecule has 0 fully saturated rings. The molecule has 0 unspecified atom stereocenters. The van der Waals surface area contributed by atoms with Gasteiger partial charge in [0.25, 0.3) is 5.56 Å². The molecule has 0 saturated carbocycles. The molecule has 4 aromatic rings. The van der Waals surface area contributed by atoms with Gasteiger partial charge in [0.2, 0.25) is 5.91 Å². The maximum Gasteiger partial charge on any atom is 0.272 e. The lowest BCUT2D eigenvalue weighted by molar-refractivity contribution is -0.121. The molecule has 140 valence electrons. The van der Waals surface area contributed by atoms with E-state index in [0.717, 1.165) is 11.4 Å². The molecule has 2 aromatic heterocycles. The van der Waals surface area contributed by atoms with Crippen molar-refractivity contribution < 1.29 is 4.79 Å². The fourth-order valence-electron chi connectivity index (χ4n) is 3.24. The molecule has 28 heavy (non-hydrogen) atoms. The fourth-order valence-corrected chi connectivity index (χ4v) is 3.24. The molecule has 0 radical (unpaired) electrons. The first-order valence-electron chi connectivity index (χ1n) is 8.99. The highest BCUT2D eigenvalue weighted by molar-refractivity contribution is 5.88. The van der Waals surface area contributed by atoms with Crippen molar-refractivity contribution in [2.75, 3.05) is 0 Å². The van der Waals surface area contributed by atoms with Crippen LogP contribution in [0, 0.1) is 0 Å². The number of carbonyl (C=O) groups excluding carboxylic acids is 1. The summed E-state index contributed by atoms with van der Waals surface area (Å²) in [6.07, 6.45) is 4.06. The molecule has 0 saturated heterocycles. The van der Waals surface area contributed by atoms with Crippen molar-refractivity contribution in [2.45, 2.75) is 18.9 Å². The summed E-state index contributed by atoms with van der Waals surface area (Å²) in [7, 11) is 0. The third kappa shape index (κ3) is 3.83. The maximum atomic E-state index is 12.8. The first-order valence-corrected chi connectivity index (χ1v) is 8.99. The van der Waals surface area contributed by atoms with Crippen molar-refractivity contribution in [3.63, 3.8) is 0 Å². The number of hydrogen-bond donors (Lipinski definition) is 3. The van der Waals surface area contributed by atoms with E-state index in [1.54, 1.807) is 30.6 Å². The highest BCUT2D eigenvalue weighted by Gasteiger charge is 2.18. The molecule has 1 atom stereocenters. The van der Waals surface area contributed by atoms with Crippen LogP contribution in [0.5, 0.6) is 0 Å². The number of fused-ring (bicyclic) bond motifs is 1. The van der Waals surface area contributed by atoms with Crippen LogP contribution < -0.4 is 10.9 Å². The quantitative estimate of drug-likeness (QED) is 0.482. The molecule has 0 bridgehead atoms. The van der Waals surface area contributed by atoms with Gasteiger partial charge in [-0.2, -0.15) is 5.10 Å². The van der Waals surface area contributed by atoms with Gasteiger partial charge in [0, 0.05) is 24.2 Å². The molecule has 2 aromatic carbocycles. The third-order valence-corrected chi connectivity index (χ3v) is 4.59. The predicted octanol–water partition coefficient (Wildman–Crippen LogP) is 2.29. The molecule has 0 aliphatic heterocycles. The van der Waals surface area contributed by atoms with Gasteiger partial charge in [-0.3, -0.25) is 9.59 Å². The zero-order valence-electron chi connectivity index (χ0n) is 15.1. The van der Waals surface area contributed by atoms with E-state index in [0.29, 0.717) is 22.9 Å². The fraction of sp³-hybridized carbons (Fsp3) is 0.143. The van der Waals surface area contributed by atoms with Crippen LogP contribution in [-0.4, -0.2) is 26.1 Å². The monoisotopic (exact) mass is 373 g/mol. The summed E-state index contributed by atoms with van der Waals surface area (Å²) in [5.74, 6) is 0.617. The Morgan fingerprint density at radius 2 is 1.79 bits per heavy atom. The molecule has 0 aliphatic carbocycles. The lowest BCUT2D eigenvalue weighted by atomic mass is 10.0. The molecule has 7 heteroatoms. The number of aromatic amines is 2. The summed E-state index contributed by atoms with van der Waals surface area (Å²) in [6.45, 7) is 0. The van der Waals surface area contributed by atoms with E-state index in [2.05, 4.69) is 25.5 Å². The van der Waals surface area contributed by atoms with E-state index in [4.69, 9.17) is 0 Å². The summed E-state index contributed by atoms with van der Waals surface area (Å²) in [4.78, 5) is 32.0. The molecule has 3 N–H and O–H groups in total. The average molecular weight is 373 g/mol. The summed E-state index contributed by atoms with van der Waals surface area (Å²) in [6, 6.07) is 16.7. The molecular formula is C21H19N5O2. The Morgan fingerprint density at radius 1 is 1.04 bits per heavy atom. The van der Waals surface area contributed by atoms with E-state index in [9.17, 15) is 9.59 Å². The Balaban J connectivity index is 1.57. The van der Waals surface area contributed by atoms with Gasteiger partial charge in [0.1, 0.15) is 5.82 Å². The Hall–Kier alpha value is -3.74. The second kappa shape index (κ2) is 7.87. The second-order valence-electron chi connectivity index (χ2n) is 6.49. The number of H-pyrrole nitrogens is 2. The zero-order chi connectivity index (χ0) is 19.3. The first kappa shape index (κ1) is 17.7. The molecule has 4 rings (SSSR count). The van der Waals surface area contributed by atoms with E-state index < -0.39 is 0 Å². The van der Waals surface area contributed by atoms with Gasteiger partial charge in [-0.15, -0.1) is 0 Å². The van der Waals surface area contributed by atoms with Gasteiger partial charge in [-0.05, 0) is 11.6 Å². The van der Waals surface area contributed by atoms with Gasteiger partial charge in [0.05, 0.1) is 23.5 Å². The normalized spacial score (nSPS) is 12.0. The van der Waals surface area contributed by atoms with Crippen molar-refractivity contribution in [2.24, 2.45) is 0 Å². The van der Waals surface area contributed by atoms with Crippen LogP contribution in [0.15, 0.2) is 71.8 Å². The van der Waals surface area contributed by atoms with E-state index in [1.165, 1.54) is 0 Å². The third-order valence-electron chi connectivity index (χ3n) is 4.59. The van der Waals surface area contributed by atoms with Crippen molar-refractivity contribution in [3.05, 3.63) is 94.4 Å². The van der Waals surface area contributed by atoms with Crippen molar-refractivity contribution >= 4 is 16.7 Å². The smallest absolute Gasteiger partial charge is 0.272 e. The first-order chi connectivity index (χ1) is 13.7. The minimum atomic E-state index is -0.264. The van der Waals surface area contributed by atoms with E-state index in [1.807, 2.05) is 36.4 Å². The number of carbonyl (C=O) groups is 1. The van der Waals surface area contributed by atoms with Crippen LogP contribution >= 0.6 is 0 Å². The summed E-state index contributed by atoms with van der Waals surface area (Å²) in [5.41, 5.74) is 1.27. The Bertz CT molecular complexity index is 1140. The van der Waals surface area contributed by atoms with Crippen LogP contribution in [0.2, 0.25) is 0 Å². The topological polar surface area (TPSA) is 104 Å². The van der Waals surface area contributed by atoms with E-state index in [-0.39, 0.29) is 23.9 Å². The van der Waals surface area contributed by atoms with Crippen LogP contribution in [0.4, 0.5) is 0 Å².